The molecule has 4 heteroatoms. The lowest BCUT2D eigenvalue weighted by Gasteiger charge is -2.36. The molecule has 1 aliphatic rings. The fourth-order valence-electron chi connectivity index (χ4n) is 3.11. The molecule has 1 heterocycles. The Morgan fingerprint density at radius 2 is 2.19 bits per heavy atom. The van der Waals surface area contributed by atoms with Gasteiger partial charge in [0.15, 0.2) is 0 Å². The standard InChI is InChI=1S/C17H27N3O/c1-12-6-4-5-7-16(12)14(3)19-17(21)11-20-9-8-15(18)10-13(20)2/h4-7,13-15H,8-11,18H2,1-3H3,(H,19,21). The number of carbonyl (C=O) groups excluding carboxylic acids is 1. The Morgan fingerprint density at radius 1 is 1.48 bits per heavy atom. The molecule has 3 N–H and O–H groups in total. The summed E-state index contributed by atoms with van der Waals surface area (Å²) in [7, 11) is 0. The molecule has 1 saturated heterocycles. The van der Waals surface area contributed by atoms with Crippen LogP contribution >= 0.6 is 0 Å². The lowest BCUT2D eigenvalue weighted by atomic mass is 9.99. The monoisotopic (exact) mass is 289 g/mol. The van der Waals surface area contributed by atoms with Gasteiger partial charge < -0.3 is 11.1 Å². The van der Waals surface area contributed by atoms with Gasteiger partial charge in [-0.3, -0.25) is 9.69 Å². The molecule has 0 bridgehead atoms. The van der Waals surface area contributed by atoms with Crippen LogP contribution in [0.5, 0.6) is 0 Å². The van der Waals surface area contributed by atoms with E-state index in [1.165, 1.54) is 11.1 Å². The molecule has 0 radical (unpaired) electrons. The van der Waals surface area contributed by atoms with E-state index in [1.54, 1.807) is 0 Å². The molecule has 116 valence electrons. The van der Waals surface area contributed by atoms with Crippen LogP contribution in [0.3, 0.4) is 0 Å². The third kappa shape index (κ3) is 4.29. The number of benzene rings is 1. The summed E-state index contributed by atoms with van der Waals surface area (Å²) in [5, 5.41) is 3.10. The molecule has 4 nitrogen and oxygen atoms in total. The van der Waals surface area contributed by atoms with Crippen LogP contribution in [-0.4, -0.2) is 36.0 Å². The van der Waals surface area contributed by atoms with Crippen LogP contribution in [0.2, 0.25) is 0 Å². The predicted octanol–water partition coefficient (Wildman–Crippen LogP) is 1.98. The summed E-state index contributed by atoms with van der Waals surface area (Å²) >= 11 is 0. The molecule has 0 saturated carbocycles. The zero-order valence-electron chi connectivity index (χ0n) is 13.3. The quantitative estimate of drug-likeness (QED) is 0.891. The predicted molar refractivity (Wildman–Crippen MR) is 86.0 cm³/mol. The third-order valence-electron chi connectivity index (χ3n) is 4.43. The summed E-state index contributed by atoms with van der Waals surface area (Å²) in [6.07, 6.45) is 1.95. The van der Waals surface area contributed by atoms with Gasteiger partial charge in [0.1, 0.15) is 0 Å². The van der Waals surface area contributed by atoms with Gasteiger partial charge in [-0.2, -0.15) is 0 Å². The zero-order chi connectivity index (χ0) is 15.4. The maximum atomic E-state index is 12.2. The van der Waals surface area contributed by atoms with Crippen molar-refractivity contribution in [1.29, 1.82) is 0 Å². The van der Waals surface area contributed by atoms with Gasteiger partial charge in [-0.05, 0) is 44.7 Å². The molecule has 1 aromatic carbocycles. The topological polar surface area (TPSA) is 58.4 Å². The summed E-state index contributed by atoms with van der Waals surface area (Å²) in [4.78, 5) is 14.5. The lowest BCUT2D eigenvalue weighted by molar-refractivity contribution is -0.123. The maximum Gasteiger partial charge on any atom is 0.234 e. The second-order valence-electron chi connectivity index (χ2n) is 6.25. The Hall–Kier alpha value is -1.39. The Morgan fingerprint density at radius 3 is 2.86 bits per heavy atom. The number of rotatable bonds is 4. The van der Waals surface area contributed by atoms with Crippen molar-refractivity contribution in [2.24, 2.45) is 5.73 Å². The molecule has 3 atom stereocenters. The highest BCUT2D eigenvalue weighted by molar-refractivity contribution is 5.78. The first-order valence-corrected chi connectivity index (χ1v) is 7.82. The van der Waals surface area contributed by atoms with Crippen LogP contribution in [0.1, 0.15) is 43.9 Å². The number of carbonyl (C=O) groups is 1. The van der Waals surface area contributed by atoms with Crippen molar-refractivity contribution in [1.82, 2.24) is 10.2 Å². The van der Waals surface area contributed by atoms with E-state index >= 15 is 0 Å². The Balaban J connectivity index is 1.88. The van der Waals surface area contributed by atoms with E-state index < -0.39 is 0 Å². The summed E-state index contributed by atoms with van der Waals surface area (Å²) in [6, 6.07) is 8.89. The summed E-state index contributed by atoms with van der Waals surface area (Å²) < 4.78 is 0. The van der Waals surface area contributed by atoms with Crippen LogP contribution < -0.4 is 11.1 Å². The van der Waals surface area contributed by atoms with Gasteiger partial charge in [-0.1, -0.05) is 24.3 Å². The molecule has 0 aliphatic carbocycles. The first kappa shape index (κ1) is 16.0. The minimum atomic E-state index is 0.0426. The normalized spacial score (nSPS) is 24.6. The van der Waals surface area contributed by atoms with Crippen molar-refractivity contribution in [2.75, 3.05) is 13.1 Å². The second-order valence-corrected chi connectivity index (χ2v) is 6.25. The van der Waals surface area contributed by atoms with Crippen LogP contribution in [-0.2, 0) is 4.79 Å². The molecular formula is C17H27N3O. The SMILES string of the molecule is Cc1ccccc1C(C)NC(=O)CN1CCC(N)CC1C. The van der Waals surface area contributed by atoms with Gasteiger partial charge in [0.2, 0.25) is 5.91 Å². The van der Waals surface area contributed by atoms with Crippen molar-refractivity contribution in [3.05, 3.63) is 35.4 Å². The smallest absolute Gasteiger partial charge is 0.234 e. The Bertz CT molecular complexity index is 489. The molecule has 1 aromatic rings. The molecule has 0 spiro atoms. The number of hydrogen-bond donors (Lipinski definition) is 2. The number of piperidine rings is 1. The van der Waals surface area contributed by atoms with E-state index in [4.69, 9.17) is 5.73 Å². The number of hydrogen-bond acceptors (Lipinski definition) is 3. The molecular weight excluding hydrogens is 262 g/mol. The number of nitrogens with zero attached hydrogens (tertiary/aromatic N) is 1. The van der Waals surface area contributed by atoms with E-state index in [9.17, 15) is 4.79 Å². The molecule has 1 aliphatic heterocycles. The van der Waals surface area contributed by atoms with Gasteiger partial charge in [0.05, 0.1) is 12.6 Å². The van der Waals surface area contributed by atoms with E-state index in [2.05, 4.69) is 36.2 Å². The van der Waals surface area contributed by atoms with Crippen molar-refractivity contribution < 1.29 is 4.79 Å². The fourth-order valence-corrected chi connectivity index (χ4v) is 3.11. The molecule has 1 amide bonds. The lowest BCUT2D eigenvalue weighted by Crippen LogP contribution is -2.49. The van der Waals surface area contributed by atoms with Crippen LogP contribution in [0.15, 0.2) is 24.3 Å². The number of aryl methyl sites for hydroxylation is 1. The summed E-state index contributed by atoms with van der Waals surface area (Å²) in [5.74, 6) is 0.0908. The fraction of sp³-hybridized carbons (Fsp3) is 0.588. The number of nitrogens with two attached hydrogens (primary N) is 1. The van der Waals surface area contributed by atoms with Crippen LogP contribution in [0.25, 0.3) is 0 Å². The average Bonchev–Trinajstić information content (AvgIpc) is 2.42. The summed E-state index contributed by atoms with van der Waals surface area (Å²) in [5.41, 5.74) is 8.36. The van der Waals surface area contributed by atoms with E-state index in [0.29, 0.717) is 12.6 Å². The van der Waals surface area contributed by atoms with E-state index in [1.807, 2.05) is 19.1 Å². The van der Waals surface area contributed by atoms with E-state index in [-0.39, 0.29) is 18.0 Å². The third-order valence-corrected chi connectivity index (χ3v) is 4.43. The highest BCUT2D eigenvalue weighted by atomic mass is 16.2. The second kappa shape index (κ2) is 7.05. The van der Waals surface area contributed by atoms with E-state index in [0.717, 1.165) is 19.4 Å². The number of nitrogens with one attached hydrogen (secondary N) is 1. The van der Waals surface area contributed by atoms with Crippen LogP contribution in [0.4, 0.5) is 0 Å². The largest absolute Gasteiger partial charge is 0.348 e. The molecule has 1 fully saturated rings. The van der Waals surface area contributed by atoms with Crippen molar-refractivity contribution in [3.63, 3.8) is 0 Å². The minimum absolute atomic E-state index is 0.0426. The van der Waals surface area contributed by atoms with Gasteiger partial charge >= 0.3 is 0 Å². The Kier molecular flexibility index (Phi) is 5.37. The molecule has 21 heavy (non-hydrogen) atoms. The highest BCUT2D eigenvalue weighted by Gasteiger charge is 2.25. The maximum absolute atomic E-state index is 12.2. The first-order valence-electron chi connectivity index (χ1n) is 7.82. The van der Waals surface area contributed by atoms with Gasteiger partial charge in [0, 0.05) is 18.6 Å². The van der Waals surface area contributed by atoms with Crippen molar-refractivity contribution >= 4 is 5.91 Å². The van der Waals surface area contributed by atoms with Gasteiger partial charge in [-0.15, -0.1) is 0 Å². The zero-order valence-corrected chi connectivity index (χ0v) is 13.3. The molecule has 2 rings (SSSR count). The highest BCUT2D eigenvalue weighted by Crippen LogP contribution is 2.18. The minimum Gasteiger partial charge on any atom is -0.348 e. The molecule has 0 aromatic heterocycles. The molecule has 3 unspecified atom stereocenters. The van der Waals surface area contributed by atoms with Crippen LogP contribution in [0, 0.1) is 6.92 Å². The summed E-state index contributed by atoms with van der Waals surface area (Å²) in [6.45, 7) is 7.64. The Labute approximate surface area is 127 Å². The first-order chi connectivity index (χ1) is 9.97. The number of amides is 1. The van der Waals surface area contributed by atoms with Gasteiger partial charge in [0.25, 0.3) is 0 Å². The average molecular weight is 289 g/mol. The van der Waals surface area contributed by atoms with Crippen molar-refractivity contribution in [3.8, 4) is 0 Å². The van der Waals surface area contributed by atoms with Gasteiger partial charge in [-0.25, -0.2) is 0 Å². The van der Waals surface area contributed by atoms with Crippen molar-refractivity contribution in [2.45, 2.75) is 51.7 Å². The number of likely N-dealkylation sites (tertiary alicyclic amines) is 1.